The summed E-state index contributed by atoms with van der Waals surface area (Å²) in [7, 11) is 1.70. The minimum absolute atomic E-state index is 0.350. The second-order valence-electron chi connectivity index (χ2n) is 3.79. The van der Waals surface area contributed by atoms with Crippen LogP contribution in [0.25, 0.3) is 0 Å². The van der Waals surface area contributed by atoms with Gasteiger partial charge in [-0.15, -0.1) is 0 Å². The monoisotopic (exact) mass is 262 g/mol. The number of aromatic nitrogens is 2. The van der Waals surface area contributed by atoms with Crippen LogP contribution >= 0.6 is 11.6 Å². The molecule has 0 spiro atoms. The Morgan fingerprint density at radius 3 is 2.89 bits per heavy atom. The van der Waals surface area contributed by atoms with Gasteiger partial charge < -0.3 is 10.5 Å². The SMILES string of the molecule is Cc1nn(C)c(Oc2cc(N)ccc2Cl)c1C#N. The van der Waals surface area contributed by atoms with Crippen LogP contribution in [0.3, 0.4) is 0 Å². The summed E-state index contributed by atoms with van der Waals surface area (Å²) in [6.45, 7) is 1.74. The van der Waals surface area contributed by atoms with Crippen molar-refractivity contribution in [2.45, 2.75) is 6.92 Å². The van der Waals surface area contributed by atoms with Crippen LogP contribution in [0.5, 0.6) is 11.6 Å². The third-order valence-electron chi connectivity index (χ3n) is 2.44. The topological polar surface area (TPSA) is 76.9 Å². The Labute approximate surface area is 109 Å². The lowest BCUT2D eigenvalue weighted by molar-refractivity contribution is 0.430. The zero-order chi connectivity index (χ0) is 13.3. The summed E-state index contributed by atoms with van der Waals surface area (Å²) in [6, 6.07) is 6.98. The van der Waals surface area contributed by atoms with Crippen molar-refractivity contribution in [3.05, 3.63) is 34.5 Å². The second kappa shape index (κ2) is 4.59. The van der Waals surface area contributed by atoms with E-state index in [0.717, 1.165) is 0 Å². The number of hydrogen-bond donors (Lipinski definition) is 1. The first-order valence-corrected chi connectivity index (χ1v) is 5.57. The lowest BCUT2D eigenvalue weighted by Crippen LogP contribution is -1.97. The molecular weight excluding hydrogens is 252 g/mol. The number of rotatable bonds is 2. The van der Waals surface area contributed by atoms with E-state index in [1.807, 2.05) is 0 Å². The van der Waals surface area contributed by atoms with Crippen molar-refractivity contribution in [2.75, 3.05) is 5.73 Å². The van der Waals surface area contributed by atoms with Gasteiger partial charge in [0.15, 0.2) is 0 Å². The van der Waals surface area contributed by atoms with Crippen molar-refractivity contribution in [1.82, 2.24) is 9.78 Å². The fourth-order valence-electron chi connectivity index (χ4n) is 1.59. The summed E-state index contributed by atoms with van der Waals surface area (Å²) in [4.78, 5) is 0. The molecule has 6 heteroatoms. The van der Waals surface area contributed by atoms with E-state index in [1.165, 1.54) is 4.68 Å². The van der Waals surface area contributed by atoms with Gasteiger partial charge in [0.1, 0.15) is 17.4 Å². The largest absolute Gasteiger partial charge is 0.436 e. The molecule has 92 valence electrons. The molecule has 5 nitrogen and oxygen atoms in total. The first kappa shape index (κ1) is 12.3. The Hall–Kier alpha value is -2.19. The van der Waals surface area contributed by atoms with Crippen molar-refractivity contribution in [1.29, 1.82) is 5.26 Å². The molecule has 0 saturated carbocycles. The van der Waals surface area contributed by atoms with Crippen LogP contribution in [0.4, 0.5) is 5.69 Å². The van der Waals surface area contributed by atoms with E-state index in [0.29, 0.717) is 33.6 Å². The van der Waals surface area contributed by atoms with Gasteiger partial charge in [-0.2, -0.15) is 10.4 Å². The van der Waals surface area contributed by atoms with Gasteiger partial charge in [-0.1, -0.05) is 11.6 Å². The number of hydrogen-bond acceptors (Lipinski definition) is 4. The van der Waals surface area contributed by atoms with Crippen molar-refractivity contribution in [3.63, 3.8) is 0 Å². The van der Waals surface area contributed by atoms with Gasteiger partial charge in [-0.05, 0) is 19.1 Å². The predicted molar refractivity (Wildman–Crippen MR) is 68.6 cm³/mol. The van der Waals surface area contributed by atoms with E-state index in [9.17, 15) is 0 Å². The van der Waals surface area contributed by atoms with E-state index in [-0.39, 0.29) is 0 Å². The fraction of sp³-hybridized carbons (Fsp3) is 0.167. The number of halogens is 1. The molecule has 0 aliphatic heterocycles. The Bertz CT molecular complexity index is 642. The average Bonchev–Trinajstić information content (AvgIpc) is 2.58. The first-order valence-electron chi connectivity index (χ1n) is 5.19. The Balaban J connectivity index is 2.46. The molecule has 0 unspecified atom stereocenters. The maximum Gasteiger partial charge on any atom is 0.235 e. The molecule has 0 fully saturated rings. The number of nitrogens with two attached hydrogens (primary N) is 1. The van der Waals surface area contributed by atoms with E-state index >= 15 is 0 Å². The lowest BCUT2D eigenvalue weighted by Gasteiger charge is -2.08. The van der Waals surface area contributed by atoms with Gasteiger partial charge in [-0.3, -0.25) is 0 Å². The van der Waals surface area contributed by atoms with Gasteiger partial charge in [0.05, 0.1) is 10.7 Å². The molecule has 1 aromatic heterocycles. The summed E-state index contributed by atoms with van der Waals surface area (Å²) >= 11 is 6.01. The standard InChI is InChI=1S/C12H11ClN4O/c1-7-9(6-14)12(17(2)16-7)18-11-5-8(15)3-4-10(11)13/h3-5H,15H2,1-2H3. The third kappa shape index (κ3) is 2.11. The highest BCUT2D eigenvalue weighted by atomic mass is 35.5. The fourth-order valence-corrected chi connectivity index (χ4v) is 1.74. The molecule has 0 radical (unpaired) electrons. The molecular formula is C12H11ClN4O. The van der Waals surface area contributed by atoms with Crippen LogP contribution < -0.4 is 10.5 Å². The normalized spacial score (nSPS) is 10.1. The summed E-state index contributed by atoms with van der Waals surface area (Å²) in [5.41, 5.74) is 7.19. The molecule has 2 rings (SSSR count). The van der Waals surface area contributed by atoms with Crippen LogP contribution in [0.15, 0.2) is 18.2 Å². The minimum Gasteiger partial charge on any atom is -0.436 e. The van der Waals surface area contributed by atoms with Gasteiger partial charge in [0.2, 0.25) is 5.88 Å². The molecule has 0 aliphatic carbocycles. The quantitative estimate of drug-likeness (QED) is 0.844. The highest BCUT2D eigenvalue weighted by molar-refractivity contribution is 6.32. The molecule has 0 bridgehead atoms. The second-order valence-corrected chi connectivity index (χ2v) is 4.20. The maximum atomic E-state index is 9.07. The van der Waals surface area contributed by atoms with Crippen molar-refractivity contribution >= 4 is 17.3 Å². The molecule has 1 heterocycles. The summed E-state index contributed by atoms with van der Waals surface area (Å²) in [5, 5.41) is 13.6. The first-order chi connectivity index (χ1) is 8.52. The number of aryl methyl sites for hydroxylation is 2. The number of nitriles is 1. The number of nitrogens with zero attached hydrogens (tertiary/aromatic N) is 3. The average molecular weight is 263 g/mol. The summed E-state index contributed by atoms with van der Waals surface area (Å²) in [6.07, 6.45) is 0. The van der Waals surface area contributed by atoms with Crippen LogP contribution in [-0.4, -0.2) is 9.78 Å². The van der Waals surface area contributed by atoms with Crippen LogP contribution in [0.2, 0.25) is 5.02 Å². The predicted octanol–water partition coefficient (Wildman–Crippen LogP) is 2.63. The van der Waals surface area contributed by atoms with E-state index < -0.39 is 0 Å². The molecule has 2 aromatic rings. The minimum atomic E-state index is 0.350. The van der Waals surface area contributed by atoms with Gasteiger partial charge >= 0.3 is 0 Å². The molecule has 0 aliphatic rings. The van der Waals surface area contributed by atoms with Crippen LogP contribution in [-0.2, 0) is 7.05 Å². The zero-order valence-corrected chi connectivity index (χ0v) is 10.7. The highest BCUT2D eigenvalue weighted by Gasteiger charge is 2.16. The smallest absolute Gasteiger partial charge is 0.235 e. The van der Waals surface area contributed by atoms with Gasteiger partial charge in [0.25, 0.3) is 0 Å². The molecule has 2 N–H and O–H groups in total. The summed E-state index contributed by atoms with van der Waals surface area (Å²) in [5.74, 6) is 0.749. The maximum absolute atomic E-state index is 9.07. The molecule has 0 atom stereocenters. The highest BCUT2D eigenvalue weighted by Crippen LogP contribution is 2.33. The summed E-state index contributed by atoms with van der Waals surface area (Å²) < 4.78 is 7.12. The molecule has 18 heavy (non-hydrogen) atoms. The number of anilines is 1. The van der Waals surface area contributed by atoms with Gasteiger partial charge in [0, 0.05) is 18.8 Å². The number of benzene rings is 1. The Kier molecular flexibility index (Phi) is 3.13. The third-order valence-corrected chi connectivity index (χ3v) is 2.76. The van der Waals surface area contributed by atoms with Crippen molar-refractivity contribution in [2.24, 2.45) is 7.05 Å². The van der Waals surface area contributed by atoms with Crippen molar-refractivity contribution in [3.8, 4) is 17.7 Å². The number of ether oxygens (including phenoxy) is 1. The molecule has 1 aromatic carbocycles. The number of nitrogen functional groups attached to an aromatic ring is 1. The lowest BCUT2D eigenvalue weighted by atomic mass is 10.3. The van der Waals surface area contributed by atoms with Crippen LogP contribution in [0, 0.1) is 18.3 Å². The van der Waals surface area contributed by atoms with E-state index in [1.54, 1.807) is 32.2 Å². The zero-order valence-electron chi connectivity index (χ0n) is 9.94. The van der Waals surface area contributed by atoms with Crippen LogP contribution in [0.1, 0.15) is 11.3 Å². The van der Waals surface area contributed by atoms with E-state index in [2.05, 4.69) is 11.2 Å². The Morgan fingerprint density at radius 2 is 2.22 bits per heavy atom. The van der Waals surface area contributed by atoms with E-state index in [4.69, 9.17) is 27.3 Å². The molecule has 0 amide bonds. The van der Waals surface area contributed by atoms with Crippen molar-refractivity contribution < 1.29 is 4.74 Å². The van der Waals surface area contributed by atoms with Gasteiger partial charge in [-0.25, -0.2) is 4.68 Å². The Morgan fingerprint density at radius 1 is 1.50 bits per heavy atom. The molecule has 0 saturated heterocycles.